The summed E-state index contributed by atoms with van der Waals surface area (Å²) in [6.45, 7) is 3.42. The number of benzene rings is 3. The lowest BCUT2D eigenvalue weighted by Crippen LogP contribution is -2.34. The Labute approximate surface area is 290 Å². The molecule has 230 valence electrons. The zero-order chi connectivity index (χ0) is 32.2. The predicted molar refractivity (Wildman–Crippen MR) is 184 cm³/mol. The number of esters is 1. The number of nitrogens with zero attached hydrogens (tertiary/aromatic N) is 2. The van der Waals surface area contributed by atoms with E-state index >= 15 is 0 Å². The molecule has 1 aliphatic carbocycles. The van der Waals surface area contributed by atoms with E-state index < -0.39 is 12.1 Å². The number of hydrogen-bond donors (Lipinski definition) is 0. The quantitative estimate of drug-likeness (QED) is 0.0840. The molecule has 7 nitrogen and oxygen atoms in total. The molecule has 2 amide bonds. The number of ketones is 1. The van der Waals surface area contributed by atoms with Crippen LogP contribution >= 0.6 is 59.4 Å². The fourth-order valence-corrected chi connectivity index (χ4v) is 8.06. The van der Waals surface area contributed by atoms with Crippen molar-refractivity contribution in [2.24, 2.45) is 11.8 Å². The fraction of sp³-hybridized carbons (Fsp3) is 0.265. The third kappa shape index (κ3) is 6.14. The zero-order valence-corrected chi connectivity index (χ0v) is 29.6. The molecule has 2 fully saturated rings. The van der Waals surface area contributed by atoms with Gasteiger partial charge in [-0.15, -0.1) is 0 Å². The van der Waals surface area contributed by atoms with Gasteiger partial charge in [-0.2, -0.15) is 0 Å². The van der Waals surface area contributed by atoms with E-state index in [-0.39, 0.29) is 44.7 Å². The molecule has 0 N–H and O–H groups in total. The number of anilines is 1. The number of Topliss-reactive ketones (excluding diaryl/α,β-unsaturated/α-hetero) is 1. The third-order valence-electron chi connectivity index (χ3n) is 8.38. The van der Waals surface area contributed by atoms with Gasteiger partial charge in [-0.1, -0.05) is 83.7 Å². The number of aromatic nitrogens is 1. The number of hydrogen-bond acceptors (Lipinski definition) is 6. The molecule has 45 heavy (non-hydrogen) atoms. The minimum absolute atomic E-state index is 0.125. The number of aryl methyl sites for hydroxylation is 1. The van der Waals surface area contributed by atoms with E-state index in [4.69, 9.17) is 21.3 Å². The minimum atomic E-state index is -1.06. The number of carbonyl (C=O) groups excluding carboxylic acids is 4. The molecule has 2 aliphatic rings. The summed E-state index contributed by atoms with van der Waals surface area (Å²) in [4.78, 5) is 59.6. The summed E-state index contributed by atoms with van der Waals surface area (Å²) in [5.41, 5.74) is 3.69. The van der Waals surface area contributed by atoms with Crippen LogP contribution in [-0.4, -0.2) is 44.3 Å². The van der Waals surface area contributed by atoms with Crippen LogP contribution in [0.4, 0.5) is 5.69 Å². The fourth-order valence-electron chi connectivity index (χ4n) is 6.06. The molecule has 11 heteroatoms. The van der Waals surface area contributed by atoms with Crippen molar-refractivity contribution in [3.05, 3.63) is 92.9 Å². The van der Waals surface area contributed by atoms with Gasteiger partial charge in [0.25, 0.3) is 0 Å². The van der Waals surface area contributed by atoms with Gasteiger partial charge in [0.2, 0.25) is 17.6 Å². The molecule has 4 aromatic rings. The normalized spacial score (nSPS) is 22.0. The summed E-state index contributed by atoms with van der Waals surface area (Å²) in [5.74, 6) is -2.10. The molecule has 0 spiro atoms. The largest absolute Gasteiger partial charge is 0.451 e. The van der Waals surface area contributed by atoms with Gasteiger partial charge in [-0.3, -0.25) is 19.3 Å². The molecule has 3 aromatic carbocycles. The van der Waals surface area contributed by atoms with E-state index in [1.807, 2.05) is 13.0 Å². The van der Waals surface area contributed by atoms with Crippen molar-refractivity contribution < 1.29 is 23.9 Å². The highest BCUT2D eigenvalue weighted by atomic mass is 79.9. The molecule has 1 saturated heterocycles. The van der Waals surface area contributed by atoms with Gasteiger partial charge in [0.05, 0.1) is 34.3 Å². The monoisotopic (exact) mass is 814 g/mol. The summed E-state index contributed by atoms with van der Waals surface area (Å²) in [6.07, 6.45) is 0.130. The Balaban J connectivity index is 1.32. The number of alkyl halides is 2. The van der Waals surface area contributed by atoms with Gasteiger partial charge in [0.1, 0.15) is 0 Å². The van der Waals surface area contributed by atoms with Crippen LogP contribution in [0.25, 0.3) is 22.2 Å². The lowest BCUT2D eigenvalue weighted by molar-refractivity contribution is -0.122. The van der Waals surface area contributed by atoms with E-state index in [1.165, 1.54) is 17.9 Å². The first-order valence-electron chi connectivity index (χ1n) is 14.3. The zero-order valence-electron chi connectivity index (χ0n) is 24.1. The number of halogens is 4. The molecular weight excluding hydrogens is 792 g/mol. The SMILES string of the molecule is Cc1cc(Br)cc2c(C(=O)OC(C)C(=O)c3cccc(Cl)c3)cc(-c3ccc(N4C(=O)C5CC(Br)C(Br)CC5C4=O)cc3)nc12. The average molecular weight is 818 g/mol. The summed E-state index contributed by atoms with van der Waals surface area (Å²) < 4.78 is 6.45. The molecular formula is C34H26Br3ClN2O5. The summed E-state index contributed by atoms with van der Waals surface area (Å²) in [5, 5.41) is 0.980. The van der Waals surface area contributed by atoms with Crippen molar-refractivity contribution in [1.82, 2.24) is 4.98 Å². The molecule has 5 unspecified atom stereocenters. The number of rotatable bonds is 6. The Hall–Kier alpha value is -2.92. The topological polar surface area (TPSA) is 93.6 Å². The van der Waals surface area contributed by atoms with E-state index in [2.05, 4.69) is 47.8 Å². The van der Waals surface area contributed by atoms with Crippen molar-refractivity contribution in [3.63, 3.8) is 0 Å². The van der Waals surface area contributed by atoms with Gasteiger partial charge >= 0.3 is 5.97 Å². The number of ether oxygens (including phenoxy) is 1. The average Bonchev–Trinajstić information content (AvgIpc) is 3.24. The minimum Gasteiger partial charge on any atom is -0.451 e. The highest BCUT2D eigenvalue weighted by Gasteiger charge is 2.52. The van der Waals surface area contributed by atoms with E-state index in [0.29, 0.717) is 51.3 Å². The molecule has 6 rings (SSSR count). The van der Waals surface area contributed by atoms with Gasteiger partial charge < -0.3 is 4.74 Å². The van der Waals surface area contributed by atoms with Crippen LogP contribution in [0.2, 0.25) is 5.02 Å². The number of carbonyl (C=O) groups is 4. The molecule has 0 radical (unpaired) electrons. The van der Waals surface area contributed by atoms with Crippen molar-refractivity contribution in [2.45, 2.75) is 42.4 Å². The Morgan fingerprint density at radius 1 is 0.956 bits per heavy atom. The van der Waals surface area contributed by atoms with E-state index in [1.54, 1.807) is 54.6 Å². The van der Waals surface area contributed by atoms with E-state index in [0.717, 1.165) is 10.0 Å². The molecule has 1 aromatic heterocycles. The number of pyridine rings is 1. The van der Waals surface area contributed by atoms with Crippen LogP contribution in [0.15, 0.2) is 71.2 Å². The predicted octanol–water partition coefficient (Wildman–Crippen LogP) is 8.48. The number of amides is 2. The Bertz CT molecular complexity index is 1850. The van der Waals surface area contributed by atoms with Gasteiger partial charge in [-0.05, 0) is 74.7 Å². The first-order chi connectivity index (χ1) is 21.4. The highest BCUT2D eigenvalue weighted by Crippen LogP contribution is 2.44. The van der Waals surface area contributed by atoms with Crippen LogP contribution in [0.3, 0.4) is 0 Å². The Kier molecular flexibility index (Phi) is 9.04. The van der Waals surface area contributed by atoms with Crippen molar-refractivity contribution in [3.8, 4) is 11.3 Å². The molecule has 2 heterocycles. The van der Waals surface area contributed by atoms with Gasteiger partial charge in [0, 0.05) is 35.7 Å². The molecule has 1 saturated carbocycles. The number of imide groups is 1. The smallest absolute Gasteiger partial charge is 0.339 e. The maximum atomic E-state index is 13.6. The van der Waals surface area contributed by atoms with E-state index in [9.17, 15) is 19.2 Å². The summed E-state index contributed by atoms with van der Waals surface area (Å²) in [7, 11) is 0. The van der Waals surface area contributed by atoms with Crippen molar-refractivity contribution in [1.29, 1.82) is 0 Å². The second kappa shape index (κ2) is 12.7. The second-order valence-electron chi connectivity index (χ2n) is 11.4. The van der Waals surface area contributed by atoms with Gasteiger partial charge in [0.15, 0.2) is 6.10 Å². The maximum Gasteiger partial charge on any atom is 0.339 e. The molecule has 5 atom stereocenters. The van der Waals surface area contributed by atoms with Crippen LogP contribution in [0, 0.1) is 18.8 Å². The highest BCUT2D eigenvalue weighted by molar-refractivity contribution is 9.12. The standard InChI is InChI=1S/C34H26Br3ClN2O5/c1-16-10-20(35)12-23-26(34(44)45-17(2)31(41)19-4-3-5-21(38)11-19)15-29(39-30(16)23)18-6-8-22(9-7-18)40-32(42)24-13-27(36)28(37)14-25(24)33(40)43/h3-12,15,17,24-25,27-28H,13-14H2,1-2H3. The molecule has 0 bridgehead atoms. The lowest BCUT2D eigenvalue weighted by atomic mass is 9.81. The second-order valence-corrected chi connectivity index (χ2v) is 15.1. The number of fused-ring (bicyclic) bond motifs is 2. The van der Waals surface area contributed by atoms with Crippen LogP contribution in [0.5, 0.6) is 0 Å². The Morgan fingerprint density at radius 3 is 2.22 bits per heavy atom. The van der Waals surface area contributed by atoms with Gasteiger partial charge in [-0.25, -0.2) is 9.78 Å². The maximum absolute atomic E-state index is 13.6. The lowest BCUT2D eigenvalue weighted by Gasteiger charge is -2.29. The van der Waals surface area contributed by atoms with Crippen molar-refractivity contribution in [2.75, 3.05) is 4.90 Å². The van der Waals surface area contributed by atoms with Crippen molar-refractivity contribution >= 4 is 99.5 Å². The summed E-state index contributed by atoms with van der Waals surface area (Å²) >= 11 is 16.8. The first-order valence-corrected chi connectivity index (χ1v) is 17.3. The Morgan fingerprint density at radius 2 is 1.60 bits per heavy atom. The third-order valence-corrected chi connectivity index (χ3v) is 11.8. The molecule has 1 aliphatic heterocycles. The summed E-state index contributed by atoms with van der Waals surface area (Å²) in [6, 6.07) is 18.8. The van der Waals surface area contributed by atoms with Crippen LogP contribution < -0.4 is 4.90 Å². The van der Waals surface area contributed by atoms with Crippen LogP contribution in [0.1, 0.15) is 46.0 Å². The van der Waals surface area contributed by atoms with Crippen LogP contribution in [-0.2, 0) is 14.3 Å². The first kappa shape index (κ1) is 32.0.